The van der Waals surface area contributed by atoms with E-state index < -0.39 is 5.97 Å². The van der Waals surface area contributed by atoms with E-state index in [1.165, 1.54) is 0 Å². The second-order valence-electron chi connectivity index (χ2n) is 7.41. The van der Waals surface area contributed by atoms with Gasteiger partial charge < -0.3 is 9.64 Å². The van der Waals surface area contributed by atoms with Gasteiger partial charge >= 0.3 is 5.97 Å². The zero-order valence-electron chi connectivity index (χ0n) is 17.3. The Morgan fingerprint density at radius 2 is 1.39 bits per heavy atom. The summed E-state index contributed by atoms with van der Waals surface area (Å²) in [4.78, 5) is 27.5. The summed E-state index contributed by atoms with van der Waals surface area (Å²) in [5.41, 5.74) is 2.56. The Morgan fingerprint density at radius 1 is 0.742 bits per heavy atom. The zero-order chi connectivity index (χ0) is 21.6. The average molecular weight is 409 g/mol. The first-order valence-corrected chi connectivity index (χ1v) is 10.2. The Kier molecular flexibility index (Phi) is 6.08. The van der Waals surface area contributed by atoms with Gasteiger partial charge in [0.25, 0.3) is 5.91 Å². The lowest BCUT2D eigenvalue weighted by Gasteiger charge is -2.19. The van der Waals surface area contributed by atoms with E-state index in [1.54, 1.807) is 36.2 Å². The summed E-state index contributed by atoms with van der Waals surface area (Å²) in [7, 11) is 1.73. The van der Waals surface area contributed by atoms with Crippen LogP contribution in [-0.2, 0) is 17.9 Å². The number of carbonyl (C=O) groups is 2. The number of amides is 1. The van der Waals surface area contributed by atoms with Crippen molar-refractivity contribution in [1.29, 1.82) is 0 Å². The van der Waals surface area contributed by atoms with Crippen molar-refractivity contribution in [2.24, 2.45) is 0 Å². The molecule has 0 aliphatic heterocycles. The second-order valence-corrected chi connectivity index (χ2v) is 7.41. The molecule has 31 heavy (non-hydrogen) atoms. The van der Waals surface area contributed by atoms with E-state index in [1.807, 2.05) is 72.8 Å². The van der Waals surface area contributed by atoms with Crippen LogP contribution >= 0.6 is 0 Å². The standard InChI is InChI=1S/C27H23NO3/c1-28(18-20-10-3-2-4-11-20)26(29)24-16-7-8-17-25(24)27(30)31-19-22-14-9-13-21-12-5-6-15-23(21)22/h2-17H,18-19H2,1H3. The van der Waals surface area contributed by atoms with Crippen molar-refractivity contribution in [2.45, 2.75) is 13.2 Å². The molecule has 0 saturated carbocycles. The largest absolute Gasteiger partial charge is 0.457 e. The van der Waals surface area contributed by atoms with Crippen LogP contribution in [0.25, 0.3) is 10.8 Å². The number of benzene rings is 4. The van der Waals surface area contributed by atoms with E-state index in [0.29, 0.717) is 12.1 Å². The second kappa shape index (κ2) is 9.26. The summed E-state index contributed by atoms with van der Waals surface area (Å²) in [6.45, 7) is 0.599. The first kappa shape index (κ1) is 20.4. The van der Waals surface area contributed by atoms with Gasteiger partial charge in [-0.05, 0) is 34.0 Å². The molecule has 154 valence electrons. The van der Waals surface area contributed by atoms with E-state index in [4.69, 9.17) is 4.74 Å². The highest BCUT2D eigenvalue weighted by Gasteiger charge is 2.21. The smallest absolute Gasteiger partial charge is 0.339 e. The Morgan fingerprint density at radius 3 is 2.19 bits per heavy atom. The molecule has 0 aromatic heterocycles. The number of rotatable bonds is 6. The average Bonchev–Trinajstić information content (AvgIpc) is 2.82. The van der Waals surface area contributed by atoms with Crippen LogP contribution < -0.4 is 0 Å². The molecule has 4 heteroatoms. The SMILES string of the molecule is CN(Cc1ccccc1)C(=O)c1ccccc1C(=O)OCc1cccc2ccccc12. The van der Waals surface area contributed by atoms with E-state index in [0.717, 1.165) is 21.9 Å². The van der Waals surface area contributed by atoms with E-state index >= 15 is 0 Å². The lowest BCUT2D eigenvalue weighted by atomic mass is 10.0. The maximum Gasteiger partial charge on any atom is 0.339 e. The number of esters is 1. The number of ether oxygens (including phenoxy) is 1. The summed E-state index contributed by atoms with van der Waals surface area (Å²) < 4.78 is 5.60. The van der Waals surface area contributed by atoms with Crippen LogP contribution in [0, 0.1) is 0 Å². The fraction of sp³-hybridized carbons (Fsp3) is 0.111. The van der Waals surface area contributed by atoms with E-state index in [-0.39, 0.29) is 18.1 Å². The van der Waals surface area contributed by atoms with E-state index in [9.17, 15) is 9.59 Å². The molecule has 0 unspecified atom stereocenters. The third-order valence-electron chi connectivity index (χ3n) is 5.23. The predicted octanol–water partition coefficient (Wildman–Crippen LogP) is 5.47. The van der Waals surface area contributed by atoms with Crippen LogP contribution in [0.1, 0.15) is 31.8 Å². The van der Waals surface area contributed by atoms with Crippen molar-refractivity contribution in [2.75, 3.05) is 7.05 Å². The third kappa shape index (κ3) is 4.64. The molecule has 4 nitrogen and oxygen atoms in total. The van der Waals surface area contributed by atoms with Gasteiger partial charge in [0.15, 0.2) is 0 Å². The van der Waals surface area contributed by atoms with Crippen molar-refractivity contribution in [3.63, 3.8) is 0 Å². The molecule has 0 fully saturated rings. The topological polar surface area (TPSA) is 46.6 Å². The van der Waals surface area contributed by atoms with Gasteiger partial charge in [0.2, 0.25) is 0 Å². The quantitative estimate of drug-likeness (QED) is 0.397. The monoisotopic (exact) mass is 409 g/mol. The molecular formula is C27H23NO3. The Hall–Kier alpha value is -3.92. The minimum absolute atomic E-state index is 0.141. The van der Waals surface area contributed by atoms with Crippen LogP contribution in [0.4, 0.5) is 0 Å². The minimum atomic E-state index is -0.509. The molecule has 0 saturated heterocycles. The van der Waals surface area contributed by atoms with Gasteiger partial charge in [-0.15, -0.1) is 0 Å². The normalized spacial score (nSPS) is 10.6. The van der Waals surface area contributed by atoms with Gasteiger partial charge in [-0.3, -0.25) is 4.79 Å². The summed E-state index contributed by atoms with van der Waals surface area (Å²) in [5, 5.41) is 2.14. The van der Waals surface area contributed by atoms with Crippen molar-refractivity contribution in [3.05, 3.63) is 119 Å². The van der Waals surface area contributed by atoms with Gasteiger partial charge in [0.1, 0.15) is 6.61 Å². The molecule has 0 N–H and O–H groups in total. The maximum atomic E-state index is 13.0. The van der Waals surface area contributed by atoms with Crippen molar-refractivity contribution < 1.29 is 14.3 Å². The Balaban J connectivity index is 1.51. The summed E-state index contributed by atoms with van der Waals surface area (Å²) in [5.74, 6) is -0.730. The first-order valence-electron chi connectivity index (χ1n) is 10.2. The van der Waals surface area contributed by atoms with Gasteiger partial charge in [-0.2, -0.15) is 0 Å². The molecule has 0 spiro atoms. The molecule has 1 amide bonds. The molecule has 0 bridgehead atoms. The maximum absolute atomic E-state index is 13.0. The number of nitrogens with zero attached hydrogens (tertiary/aromatic N) is 1. The zero-order valence-corrected chi connectivity index (χ0v) is 17.3. The van der Waals surface area contributed by atoms with Crippen LogP contribution in [0.3, 0.4) is 0 Å². The van der Waals surface area contributed by atoms with Gasteiger partial charge in [0.05, 0.1) is 11.1 Å². The number of fused-ring (bicyclic) bond motifs is 1. The highest BCUT2D eigenvalue weighted by atomic mass is 16.5. The van der Waals surface area contributed by atoms with E-state index in [2.05, 4.69) is 0 Å². The molecule has 4 aromatic carbocycles. The third-order valence-corrected chi connectivity index (χ3v) is 5.23. The molecular weight excluding hydrogens is 386 g/mol. The Labute approximate surface area is 181 Å². The molecule has 0 aliphatic rings. The number of hydrogen-bond donors (Lipinski definition) is 0. The molecule has 4 aromatic rings. The van der Waals surface area contributed by atoms with Crippen LogP contribution in [0.2, 0.25) is 0 Å². The lowest BCUT2D eigenvalue weighted by molar-refractivity contribution is 0.0468. The summed E-state index contributed by atoms with van der Waals surface area (Å²) in [6.07, 6.45) is 0. The summed E-state index contributed by atoms with van der Waals surface area (Å²) in [6, 6.07) is 30.4. The van der Waals surface area contributed by atoms with Crippen LogP contribution in [0.15, 0.2) is 97.1 Å². The van der Waals surface area contributed by atoms with Crippen molar-refractivity contribution >= 4 is 22.6 Å². The van der Waals surface area contributed by atoms with Gasteiger partial charge in [-0.1, -0.05) is 84.9 Å². The minimum Gasteiger partial charge on any atom is -0.457 e. The molecule has 0 aliphatic carbocycles. The van der Waals surface area contributed by atoms with Crippen LogP contribution in [0.5, 0.6) is 0 Å². The molecule has 0 heterocycles. The van der Waals surface area contributed by atoms with Crippen molar-refractivity contribution in [3.8, 4) is 0 Å². The predicted molar refractivity (Wildman–Crippen MR) is 122 cm³/mol. The molecule has 4 rings (SSSR count). The first-order chi connectivity index (χ1) is 15.1. The molecule has 0 atom stereocenters. The van der Waals surface area contributed by atoms with Gasteiger partial charge in [-0.25, -0.2) is 4.79 Å². The molecule has 0 radical (unpaired) electrons. The number of carbonyl (C=O) groups excluding carboxylic acids is 2. The van der Waals surface area contributed by atoms with Crippen LogP contribution in [-0.4, -0.2) is 23.8 Å². The highest BCUT2D eigenvalue weighted by molar-refractivity contribution is 6.05. The highest BCUT2D eigenvalue weighted by Crippen LogP contribution is 2.20. The van der Waals surface area contributed by atoms with Crippen molar-refractivity contribution in [1.82, 2.24) is 4.90 Å². The number of hydrogen-bond acceptors (Lipinski definition) is 3. The fourth-order valence-electron chi connectivity index (χ4n) is 3.62. The van der Waals surface area contributed by atoms with Gasteiger partial charge in [0, 0.05) is 13.6 Å². The lowest BCUT2D eigenvalue weighted by Crippen LogP contribution is -2.28. The Bertz CT molecular complexity index is 1210. The summed E-state index contributed by atoms with van der Waals surface area (Å²) >= 11 is 0. The fourth-order valence-corrected chi connectivity index (χ4v) is 3.62.